The molecule has 1 aliphatic rings. The first kappa shape index (κ1) is 7.14. The molecule has 1 aliphatic heterocycles. The van der Waals surface area contributed by atoms with E-state index in [0.717, 1.165) is 0 Å². The first-order valence-corrected chi connectivity index (χ1v) is 3.72. The zero-order valence-corrected chi connectivity index (χ0v) is 5.63. The van der Waals surface area contributed by atoms with Crippen molar-refractivity contribution in [3.8, 4) is 0 Å². The van der Waals surface area contributed by atoms with E-state index in [1.54, 1.807) is 0 Å². The van der Waals surface area contributed by atoms with Crippen molar-refractivity contribution < 1.29 is 13.9 Å². The van der Waals surface area contributed by atoms with Crippen LogP contribution in [0.3, 0.4) is 0 Å². The molecule has 1 saturated heterocycles. The lowest BCUT2D eigenvalue weighted by Crippen LogP contribution is -2.48. The molecule has 1 heterocycles. The van der Waals surface area contributed by atoms with Gasteiger partial charge in [0.1, 0.15) is 0 Å². The number of rotatable bonds is 2. The van der Waals surface area contributed by atoms with E-state index in [1.807, 2.05) is 0 Å². The average molecular weight is 150 g/mol. The third-order valence-electron chi connectivity index (χ3n) is 1.39. The summed E-state index contributed by atoms with van der Waals surface area (Å²) in [4.78, 5) is 0. The van der Waals surface area contributed by atoms with E-state index in [1.165, 1.54) is 4.31 Å². The predicted octanol–water partition coefficient (Wildman–Crippen LogP) is -1.30. The molecular weight excluding hydrogens is 142 g/mol. The molecule has 54 valence electrons. The van der Waals surface area contributed by atoms with Crippen molar-refractivity contribution in [1.82, 2.24) is 4.31 Å². The molecule has 1 rings (SSSR count). The Kier molecular flexibility index (Phi) is 2.18. The molecule has 0 bridgehead atoms. The Morgan fingerprint density at radius 2 is 2.33 bits per heavy atom. The van der Waals surface area contributed by atoms with E-state index in [2.05, 4.69) is 0 Å². The molecule has 4 nitrogen and oxygen atoms in total. The lowest BCUT2D eigenvalue weighted by atomic mass is 10.1. The molecule has 1 unspecified atom stereocenters. The molecule has 1 fully saturated rings. The van der Waals surface area contributed by atoms with Gasteiger partial charge in [0.05, 0.1) is 0 Å². The lowest BCUT2D eigenvalue weighted by Gasteiger charge is -2.38. The van der Waals surface area contributed by atoms with Gasteiger partial charge in [0, 0.05) is 36.9 Å². The van der Waals surface area contributed by atoms with Crippen LogP contribution in [-0.4, -0.2) is 37.9 Å². The van der Waals surface area contributed by atoms with Gasteiger partial charge in [-0.2, -0.15) is 0 Å². The zero-order chi connectivity index (χ0) is 6.85. The minimum atomic E-state index is -2.07. The summed E-state index contributed by atoms with van der Waals surface area (Å²) in [6.45, 7) is 1.05. The molecule has 0 spiro atoms. The standard InChI is InChI=1S/C4H9NO3S/c6-3-4-1-5(2-4)9(7)8/h4,6H,1-3H2,(H,7,8)/p-1. The largest absolute Gasteiger partial charge is 0.760 e. The van der Waals surface area contributed by atoms with Crippen LogP contribution in [-0.2, 0) is 11.3 Å². The Morgan fingerprint density at radius 3 is 2.67 bits per heavy atom. The molecule has 0 aliphatic carbocycles. The number of hydrogen-bond acceptors (Lipinski definition) is 3. The lowest BCUT2D eigenvalue weighted by molar-refractivity contribution is 0.115. The first-order valence-electron chi connectivity index (χ1n) is 2.69. The summed E-state index contributed by atoms with van der Waals surface area (Å²) in [5.74, 6) is 0.169. The smallest absolute Gasteiger partial charge is 0.0484 e. The van der Waals surface area contributed by atoms with Gasteiger partial charge in [-0.05, 0) is 0 Å². The minimum Gasteiger partial charge on any atom is -0.760 e. The fourth-order valence-electron chi connectivity index (χ4n) is 0.760. The number of aliphatic hydroxyl groups excluding tert-OH is 1. The van der Waals surface area contributed by atoms with E-state index >= 15 is 0 Å². The van der Waals surface area contributed by atoms with Gasteiger partial charge in [0.15, 0.2) is 0 Å². The van der Waals surface area contributed by atoms with Gasteiger partial charge in [0.2, 0.25) is 0 Å². The highest BCUT2D eigenvalue weighted by Crippen LogP contribution is 2.14. The summed E-state index contributed by atoms with van der Waals surface area (Å²) in [6.07, 6.45) is 0. The van der Waals surface area contributed by atoms with Crippen LogP contribution in [0.2, 0.25) is 0 Å². The summed E-state index contributed by atoms with van der Waals surface area (Å²) in [5.41, 5.74) is 0. The van der Waals surface area contributed by atoms with Crippen LogP contribution >= 0.6 is 0 Å². The molecule has 0 amide bonds. The second-order valence-electron chi connectivity index (χ2n) is 2.11. The maximum absolute atomic E-state index is 10.1. The SMILES string of the molecule is O=S([O-])N1CC(CO)C1. The fraction of sp³-hybridized carbons (Fsp3) is 1.00. The second kappa shape index (κ2) is 2.74. The number of nitrogens with zero attached hydrogens (tertiary/aromatic N) is 1. The Balaban J connectivity index is 2.19. The highest BCUT2D eigenvalue weighted by atomic mass is 32.2. The van der Waals surface area contributed by atoms with Crippen molar-refractivity contribution in [2.45, 2.75) is 0 Å². The molecule has 9 heavy (non-hydrogen) atoms. The summed E-state index contributed by atoms with van der Waals surface area (Å²) >= 11 is -2.07. The molecule has 5 heteroatoms. The summed E-state index contributed by atoms with van der Waals surface area (Å²) in [6, 6.07) is 0. The van der Waals surface area contributed by atoms with Crippen LogP contribution in [0, 0.1) is 5.92 Å². The normalized spacial score (nSPS) is 25.6. The quantitative estimate of drug-likeness (QED) is 0.498. The number of hydrogen-bond donors (Lipinski definition) is 1. The monoisotopic (exact) mass is 150 g/mol. The van der Waals surface area contributed by atoms with Gasteiger partial charge in [-0.1, -0.05) is 0 Å². The van der Waals surface area contributed by atoms with Crippen molar-refractivity contribution >= 4 is 11.3 Å². The van der Waals surface area contributed by atoms with E-state index in [9.17, 15) is 8.76 Å². The number of aliphatic hydroxyl groups is 1. The molecule has 0 saturated carbocycles. The fourth-order valence-corrected chi connectivity index (χ4v) is 1.42. The van der Waals surface area contributed by atoms with Gasteiger partial charge >= 0.3 is 0 Å². The summed E-state index contributed by atoms with van der Waals surface area (Å²) < 4.78 is 21.5. The maximum atomic E-state index is 10.1. The predicted molar refractivity (Wildman–Crippen MR) is 31.1 cm³/mol. The molecule has 0 radical (unpaired) electrons. The molecule has 0 aromatic heterocycles. The van der Waals surface area contributed by atoms with Crippen LogP contribution in [0.4, 0.5) is 0 Å². The molecule has 0 aromatic carbocycles. The minimum absolute atomic E-state index is 0.0910. The highest BCUT2D eigenvalue weighted by molar-refractivity contribution is 7.76. The molecule has 1 atom stereocenters. The van der Waals surface area contributed by atoms with Crippen LogP contribution in [0.5, 0.6) is 0 Å². The van der Waals surface area contributed by atoms with Crippen LogP contribution in [0.25, 0.3) is 0 Å². The Bertz CT molecular complexity index is 123. The molecule has 0 aromatic rings. The van der Waals surface area contributed by atoms with Gasteiger partial charge in [-0.15, -0.1) is 0 Å². The van der Waals surface area contributed by atoms with Crippen molar-refractivity contribution in [2.75, 3.05) is 19.7 Å². The van der Waals surface area contributed by atoms with Crippen molar-refractivity contribution in [3.05, 3.63) is 0 Å². The van der Waals surface area contributed by atoms with Gasteiger partial charge in [-0.3, -0.25) is 4.21 Å². The van der Waals surface area contributed by atoms with Gasteiger partial charge < -0.3 is 9.66 Å². The third kappa shape index (κ3) is 1.48. The van der Waals surface area contributed by atoms with E-state index in [0.29, 0.717) is 13.1 Å². The Hall–Kier alpha value is 0.0300. The third-order valence-corrected chi connectivity index (χ3v) is 2.11. The van der Waals surface area contributed by atoms with E-state index in [4.69, 9.17) is 5.11 Å². The molecule has 1 N–H and O–H groups in total. The van der Waals surface area contributed by atoms with Crippen molar-refractivity contribution in [3.63, 3.8) is 0 Å². The highest BCUT2D eigenvalue weighted by Gasteiger charge is 2.25. The average Bonchev–Trinajstić information content (AvgIpc) is 1.61. The van der Waals surface area contributed by atoms with Crippen molar-refractivity contribution in [2.24, 2.45) is 5.92 Å². The van der Waals surface area contributed by atoms with Crippen LogP contribution < -0.4 is 0 Å². The Labute approximate surface area is 55.9 Å². The van der Waals surface area contributed by atoms with Gasteiger partial charge in [0.25, 0.3) is 0 Å². The maximum Gasteiger partial charge on any atom is 0.0484 e. The topological polar surface area (TPSA) is 63.6 Å². The van der Waals surface area contributed by atoms with E-state index < -0.39 is 11.3 Å². The van der Waals surface area contributed by atoms with Gasteiger partial charge in [-0.25, -0.2) is 4.31 Å². The summed E-state index contributed by atoms with van der Waals surface area (Å²) in [7, 11) is 0. The molecular formula is C4H8NO3S-. The van der Waals surface area contributed by atoms with Crippen LogP contribution in [0.15, 0.2) is 0 Å². The zero-order valence-electron chi connectivity index (χ0n) is 4.82. The van der Waals surface area contributed by atoms with E-state index in [-0.39, 0.29) is 12.5 Å². The first-order chi connectivity index (χ1) is 4.24. The second-order valence-corrected chi connectivity index (χ2v) is 3.06. The van der Waals surface area contributed by atoms with Crippen molar-refractivity contribution in [1.29, 1.82) is 0 Å². The summed E-state index contributed by atoms with van der Waals surface area (Å²) in [5, 5.41) is 8.46. The Morgan fingerprint density at radius 1 is 1.78 bits per heavy atom. The van der Waals surface area contributed by atoms with Crippen LogP contribution in [0.1, 0.15) is 0 Å².